The van der Waals surface area contributed by atoms with Crippen LogP contribution in [-0.2, 0) is 80.8 Å². The number of methoxy groups -OCH3 is 1. The molecule has 6 saturated heterocycles. The van der Waals surface area contributed by atoms with Gasteiger partial charge in [0.2, 0.25) is 12.2 Å². The zero-order valence-corrected chi connectivity index (χ0v) is 72.5. The molecule has 10 fully saturated rings. The summed E-state index contributed by atoms with van der Waals surface area (Å²) in [4.78, 5) is 58.4. The summed E-state index contributed by atoms with van der Waals surface area (Å²) in [5.74, 6) is -3.55. The highest BCUT2D eigenvalue weighted by molar-refractivity contribution is 5.82. The number of fused-ring (bicyclic) bond motifs is 7. The molecule has 0 aromatic rings. The lowest BCUT2D eigenvalue weighted by Gasteiger charge is -2.71. The average molecular weight is 1750 g/mol. The molecule has 0 radical (unpaired) electrons. The van der Waals surface area contributed by atoms with E-state index in [1.165, 1.54) is 40.2 Å². The molecule has 0 bridgehead atoms. The summed E-state index contributed by atoms with van der Waals surface area (Å²) in [6.07, 6.45) is -22.4. The molecule has 39 atom stereocenters. The van der Waals surface area contributed by atoms with Crippen molar-refractivity contribution in [3.8, 4) is 0 Å². The standard InChI is InChI=1S/C88H140N2O33/c1-11-12-13-14-15-16-17-18-19-20-21-22-23-24-25-26-27-28-56(96)89-37-38-90-75(109)71-68(108)70(118-76-65(105)59(99)49(94)43-112-76)74(122-78-67(107)63(103)61(101)51(42-92)116-78)81(119-71)117-55-32-33-84(6)52(85(55,7)44-93)31-34-86(8)53(84)30-29-47-48-39-83(4,5)35-36-88(48,54(95)40-87(47,86)9)82(110)123-79-72(64(104)57(97)45(2)113-79)120-80-73(69(111-10)58(98)46(3)114-80)121-77-66(106)62(102)60(100)50(41-91)115-77/h15-16,18-19,21-22,24-25,29,44-46,48-55,57-74,76-81,91-92,94-95,97-108H,11-14,17,20,23,26-28,30-43H2,1-10H3,(H,89,96)(H,90,109)/b16-15-,19-18-,22-21-,25-24-/t45?,46?,48?,49?,50?,51?,52?,53?,54-,55+,57?,58?,59?,60?,61?,62?,63?,64?,65?,66?,67?,68?,69?,70?,71?,72?,73?,74?,76?,77?,78?,79?,80?,81?,84+,85+,86-,87-,88-/m1/s1. The molecule has 4 saturated carbocycles. The Labute approximate surface area is 719 Å². The number of hydrogen-bond acceptors (Lipinski definition) is 33. The number of unbranched alkanes of at least 4 members (excludes halogenated alkanes) is 4. The maximum Gasteiger partial charge on any atom is 0.317 e. The zero-order chi connectivity index (χ0) is 89.6. The van der Waals surface area contributed by atoms with E-state index in [0.717, 1.165) is 37.5 Å². The van der Waals surface area contributed by atoms with Gasteiger partial charge >= 0.3 is 5.97 Å². The summed E-state index contributed by atoms with van der Waals surface area (Å²) >= 11 is 0. The van der Waals surface area contributed by atoms with Crippen LogP contribution >= 0.6 is 0 Å². The van der Waals surface area contributed by atoms with Crippen molar-refractivity contribution in [1.29, 1.82) is 0 Å². The van der Waals surface area contributed by atoms with Gasteiger partial charge in [0, 0.05) is 26.6 Å². The van der Waals surface area contributed by atoms with E-state index >= 15 is 4.79 Å². The number of aldehydes is 1. The molecule has 5 aliphatic carbocycles. The monoisotopic (exact) mass is 1750 g/mol. The van der Waals surface area contributed by atoms with Gasteiger partial charge in [-0.05, 0) is 156 Å². The summed E-state index contributed by atoms with van der Waals surface area (Å²) in [6, 6.07) is 0. The second-order valence-corrected chi connectivity index (χ2v) is 37.7. The van der Waals surface area contributed by atoms with Gasteiger partial charge in [0.05, 0.1) is 49.7 Å². The second-order valence-electron chi connectivity index (χ2n) is 37.7. The lowest BCUT2D eigenvalue weighted by atomic mass is 9.33. The molecule has 18 N–H and O–H groups in total. The fourth-order valence-corrected chi connectivity index (χ4v) is 21.8. The second kappa shape index (κ2) is 42.3. The highest BCUT2D eigenvalue weighted by Crippen LogP contribution is 2.76. The van der Waals surface area contributed by atoms with E-state index < -0.39 is 266 Å². The Bertz CT molecular complexity index is 3610. The number of hydrogen-bond donors (Lipinski definition) is 18. The number of amides is 2. The molecule has 0 aromatic carbocycles. The number of esters is 1. The number of aliphatic hydroxyl groups is 16. The molecule has 6 aliphatic heterocycles. The SMILES string of the molecule is CCCCC/C=C\C/C=C\C/C=C\C/C=C\CCCC(=O)NCCNC(=O)C1OC(O[C@H]2CC[C@@]3(C)C(CC[C@]4(C)C3CC=C3C5CC(C)(C)CC[C@]5(C(=O)OC5OC(C)C(O)C(O)C5OC5OC(C)C(O)C(OC)C5OC5OC(CO)C(O)C(O)C5O)[C@H](O)C[C@]34C)[C@]2(C)C=O)C(OC2OC(CO)C(O)C(O)C2O)C(OC2OCC(O)C(O)C2O)C1O. The maximum absolute atomic E-state index is 16.0. The van der Waals surface area contributed by atoms with Gasteiger partial charge in [-0.3, -0.25) is 14.4 Å². The first-order valence-corrected chi connectivity index (χ1v) is 44.3. The quantitative estimate of drug-likeness (QED) is 0.0137. The van der Waals surface area contributed by atoms with E-state index in [0.29, 0.717) is 51.4 Å². The molecule has 6 heterocycles. The topological polar surface area (TPSA) is 536 Å². The largest absolute Gasteiger partial charge is 0.432 e. The van der Waals surface area contributed by atoms with Crippen molar-refractivity contribution in [1.82, 2.24) is 10.6 Å². The third-order valence-corrected chi connectivity index (χ3v) is 29.4. The third-order valence-electron chi connectivity index (χ3n) is 29.4. The molecule has 35 heteroatoms. The van der Waals surface area contributed by atoms with Gasteiger partial charge in [0.15, 0.2) is 43.7 Å². The number of nitrogens with one attached hydrogen (secondary N) is 2. The molecule has 0 aromatic heterocycles. The summed E-state index contributed by atoms with van der Waals surface area (Å²) in [7, 11) is 1.24. The minimum atomic E-state index is -2.14. The number of aliphatic hydroxyl groups excluding tert-OH is 16. The highest BCUT2D eigenvalue weighted by Gasteiger charge is 2.73. The van der Waals surface area contributed by atoms with Crippen molar-refractivity contribution < 1.29 is 162 Å². The zero-order valence-electron chi connectivity index (χ0n) is 72.5. The Morgan fingerprint density at radius 1 is 0.520 bits per heavy atom. The van der Waals surface area contributed by atoms with Crippen molar-refractivity contribution in [2.75, 3.05) is 40.0 Å². The van der Waals surface area contributed by atoms with Crippen LogP contribution in [0.5, 0.6) is 0 Å². The number of allylic oxidation sites excluding steroid dienone is 10. The van der Waals surface area contributed by atoms with E-state index in [9.17, 15) is 96.1 Å². The Balaban J connectivity index is 0.822. The molecule has 700 valence electrons. The first-order valence-electron chi connectivity index (χ1n) is 44.3. The average Bonchev–Trinajstić information content (AvgIpc) is 0.669. The van der Waals surface area contributed by atoms with Crippen LogP contribution in [0.15, 0.2) is 60.3 Å². The van der Waals surface area contributed by atoms with Crippen LogP contribution in [0.25, 0.3) is 0 Å². The molecular weight excluding hydrogens is 1610 g/mol. The van der Waals surface area contributed by atoms with Crippen LogP contribution in [-0.4, -0.2) is 336 Å². The molecule has 2 amide bonds. The predicted octanol–water partition coefficient (Wildman–Crippen LogP) is 0.497. The van der Waals surface area contributed by atoms with Crippen LogP contribution in [0.1, 0.15) is 184 Å². The van der Waals surface area contributed by atoms with Crippen LogP contribution < -0.4 is 10.6 Å². The maximum atomic E-state index is 16.0. The third kappa shape index (κ3) is 20.6. The van der Waals surface area contributed by atoms with Crippen LogP contribution in [0.4, 0.5) is 0 Å². The summed E-state index contributed by atoms with van der Waals surface area (Å²) in [6.45, 7) is 15.0. The van der Waals surface area contributed by atoms with Gasteiger partial charge in [-0.1, -0.05) is 122 Å². The van der Waals surface area contributed by atoms with Gasteiger partial charge in [-0.25, -0.2) is 0 Å². The predicted molar refractivity (Wildman–Crippen MR) is 433 cm³/mol. The van der Waals surface area contributed by atoms with Crippen molar-refractivity contribution in [3.05, 3.63) is 60.3 Å². The fraction of sp³-hybridized carbons (Fsp3) is 0.841. The van der Waals surface area contributed by atoms with Crippen molar-refractivity contribution in [2.24, 2.45) is 50.2 Å². The van der Waals surface area contributed by atoms with E-state index in [4.69, 9.17) is 61.6 Å². The molecule has 35 nitrogen and oxygen atoms in total. The lowest BCUT2D eigenvalue weighted by Crippen LogP contribution is -2.70. The highest BCUT2D eigenvalue weighted by atomic mass is 16.8. The minimum Gasteiger partial charge on any atom is -0.432 e. The van der Waals surface area contributed by atoms with Crippen molar-refractivity contribution in [3.63, 3.8) is 0 Å². The summed E-state index contributed by atoms with van der Waals surface area (Å²) in [5.41, 5.74) is -4.82. The first-order chi connectivity index (χ1) is 58.4. The fourth-order valence-electron chi connectivity index (χ4n) is 21.8. The number of ether oxygens (including phenoxy) is 13. The lowest BCUT2D eigenvalue weighted by molar-refractivity contribution is -0.391. The van der Waals surface area contributed by atoms with Gasteiger partial charge in [-0.15, -0.1) is 0 Å². The van der Waals surface area contributed by atoms with Crippen LogP contribution in [0.2, 0.25) is 0 Å². The molecule has 11 rings (SSSR count). The van der Waals surface area contributed by atoms with E-state index in [1.807, 2.05) is 12.2 Å². The number of carbonyl (C=O) groups excluding carboxylic acids is 4. The Morgan fingerprint density at radius 3 is 1.67 bits per heavy atom. The molecular formula is C88H140N2O33. The van der Waals surface area contributed by atoms with E-state index in [2.05, 4.69) is 94.7 Å². The van der Waals surface area contributed by atoms with E-state index in [1.54, 1.807) is 6.92 Å². The number of carbonyl (C=O) groups is 4. The molecule has 0 spiro atoms. The van der Waals surface area contributed by atoms with Gasteiger partial charge in [-0.2, -0.15) is 0 Å². The minimum absolute atomic E-state index is 0.0492. The van der Waals surface area contributed by atoms with Crippen molar-refractivity contribution >= 4 is 24.1 Å². The van der Waals surface area contributed by atoms with Crippen molar-refractivity contribution in [2.45, 2.75) is 375 Å². The Morgan fingerprint density at radius 2 is 1.07 bits per heavy atom. The van der Waals surface area contributed by atoms with Gasteiger partial charge in [0.25, 0.3) is 5.91 Å². The molecule has 32 unspecified atom stereocenters. The Hall–Kier alpha value is -4.34. The summed E-state index contributed by atoms with van der Waals surface area (Å²) in [5, 5.41) is 185. The van der Waals surface area contributed by atoms with Crippen LogP contribution in [0.3, 0.4) is 0 Å². The molecule has 123 heavy (non-hydrogen) atoms. The normalized spacial score (nSPS) is 46.4. The smallest absolute Gasteiger partial charge is 0.317 e. The van der Waals surface area contributed by atoms with E-state index in [-0.39, 0.29) is 50.6 Å². The summed E-state index contributed by atoms with van der Waals surface area (Å²) < 4.78 is 80.8. The van der Waals surface area contributed by atoms with Crippen LogP contribution in [0, 0.1) is 50.2 Å². The van der Waals surface area contributed by atoms with Gasteiger partial charge in [0.1, 0.15) is 128 Å². The van der Waals surface area contributed by atoms with Gasteiger partial charge < -0.3 is 159 Å². The first kappa shape index (κ1) is 99.2. The molecule has 11 aliphatic rings. The number of rotatable bonds is 34. The Kier molecular flexibility index (Phi) is 34.1.